The largest absolute Gasteiger partial charge is 0.388 e. The Morgan fingerprint density at radius 3 is 2.80 bits per heavy atom. The van der Waals surface area contributed by atoms with Crippen molar-refractivity contribution in [1.29, 1.82) is 0 Å². The number of hydrogen-bond donors (Lipinski definition) is 1. The van der Waals surface area contributed by atoms with Crippen LogP contribution in [0.5, 0.6) is 0 Å². The average Bonchev–Trinajstić information content (AvgIpc) is 2.98. The number of nitrogens with zero attached hydrogens (tertiary/aromatic N) is 2. The molecule has 0 spiro atoms. The van der Waals surface area contributed by atoms with E-state index in [1.807, 2.05) is 12.1 Å². The van der Waals surface area contributed by atoms with Crippen LogP contribution in [-0.2, 0) is 0 Å². The van der Waals surface area contributed by atoms with Gasteiger partial charge in [-0.15, -0.1) is 0 Å². The van der Waals surface area contributed by atoms with Crippen molar-refractivity contribution in [2.75, 3.05) is 18.0 Å². The van der Waals surface area contributed by atoms with Crippen LogP contribution in [0.4, 0.5) is 5.69 Å². The molecule has 3 nitrogen and oxygen atoms in total. The van der Waals surface area contributed by atoms with E-state index in [0.29, 0.717) is 16.6 Å². The molecule has 0 amide bonds. The van der Waals surface area contributed by atoms with Crippen molar-refractivity contribution in [1.82, 2.24) is 4.98 Å². The van der Waals surface area contributed by atoms with Gasteiger partial charge >= 0.3 is 0 Å². The third-order valence-electron chi connectivity index (χ3n) is 3.82. The van der Waals surface area contributed by atoms with Gasteiger partial charge < -0.3 is 10.6 Å². The molecule has 1 fully saturated rings. The minimum absolute atomic E-state index is 0.352. The molecular formula is C16H17N3S. The number of pyridine rings is 1. The molecule has 1 aromatic carbocycles. The van der Waals surface area contributed by atoms with E-state index in [1.165, 1.54) is 12.0 Å². The summed E-state index contributed by atoms with van der Waals surface area (Å²) in [7, 11) is 0. The van der Waals surface area contributed by atoms with Crippen LogP contribution in [0, 0.1) is 0 Å². The lowest BCUT2D eigenvalue weighted by atomic mass is 9.99. The number of rotatable bonds is 3. The second-order valence-corrected chi connectivity index (χ2v) is 5.55. The summed E-state index contributed by atoms with van der Waals surface area (Å²) in [4.78, 5) is 6.92. The fourth-order valence-electron chi connectivity index (χ4n) is 2.74. The highest BCUT2D eigenvalue weighted by Gasteiger charge is 2.24. The normalized spacial score (nSPS) is 18.2. The Morgan fingerprint density at radius 2 is 2.05 bits per heavy atom. The summed E-state index contributed by atoms with van der Waals surface area (Å²) in [6.45, 7) is 2.09. The molecule has 1 atom stereocenters. The highest BCUT2D eigenvalue weighted by molar-refractivity contribution is 7.80. The molecule has 3 rings (SSSR count). The van der Waals surface area contributed by atoms with Gasteiger partial charge in [-0.05, 0) is 24.1 Å². The first-order valence-corrected chi connectivity index (χ1v) is 7.20. The Morgan fingerprint density at radius 1 is 1.25 bits per heavy atom. The monoisotopic (exact) mass is 283 g/mol. The summed E-state index contributed by atoms with van der Waals surface area (Å²) in [6.07, 6.45) is 2.95. The fraction of sp³-hybridized carbons (Fsp3) is 0.250. The van der Waals surface area contributed by atoms with E-state index in [-0.39, 0.29) is 0 Å². The maximum Gasteiger partial charge on any atom is 0.122 e. The van der Waals surface area contributed by atoms with E-state index in [0.717, 1.165) is 18.8 Å². The number of hydrogen-bond acceptors (Lipinski definition) is 3. The van der Waals surface area contributed by atoms with Gasteiger partial charge in [0, 0.05) is 30.9 Å². The van der Waals surface area contributed by atoms with Crippen molar-refractivity contribution in [2.45, 2.75) is 12.3 Å². The molecule has 1 aromatic heterocycles. The molecule has 102 valence electrons. The first-order valence-electron chi connectivity index (χ1n) is 6.80. The molecule has 4 heteroatoms. The van der Waals surface area contributed by atoms with E-state index in [2.05, 4.69) is 40.2 Å². The third-order valence-corrected chi connectivity index (χ3v) is 4.03. The molecule has 1 aliphatic heterocycles. The van der Waals surface area contributed by atoms with Gasteiger partial charge in [0.15, 0.2) is 0 Å². The zero-order chi connectivity index (χ0) is 13.9. The minimum atomic E-state index is 0.352. The number of aromatic nitrogens is 1. The van der Waals surface area contributed by atoms with Crippen LogP contribution in [0.2, 0.25) is 0 Å². The summed E-state index contributed by atoms with van der Waals surface area (Å²) in [5.41, 5.74) is 8.91. The lowest BCUT2D eigenvalue weighted by Gasteiger charge is -2.19. The van der Waals surface area contributed by atoms with Gasteiger partial charge in [0.25, 0.3) is 0 Å². The number of benzene rings is 1. The first-order chi connectivity index (χ1) is 9.74. The molecule has 2 heterocycles. The fourth-order valence-corrected chi connectivity index (χ4v) is 2.85. The molecule has 0 radical (unpaired) electrons. The predicted octanol–water partition coefficient (Wildman–Crippen LogP) is 2.71. The Balaban J connectivity index is 1.77. The van der Waals surface area contributed by atoms with Gasteiger partial charge in [0.1, 0.15) is 4.99 Å². The lowest BCUT2D eigenvalue weighted by molar-refractivity contribution is 0.775. The average molecular weight is 283 g/mol. The van der Waals surface area contributed by atoms with Gasteiger partial charge in [-0.1, -0.05) is 42.5 Å². The predicted molar refractivity (Wildman–Crippen MR) is 86.1 cm³/mol. The molecule has 1 saturated heterocycles. The molecule has 0 aliphatic carbocycles. The van der Waals surface area contributed by atoms with E-state index >= 15 is 0 Å². The van der Waals surface area contributed by atoms with E-state index in [4.69, 9.17) is 18.0 Å². The summed E-state index contributed by atoms with van der Waals surface area (Å²) < 4.78 is 0. The number of anilines is 1. The smallest absolute Gasteiger partial charge is 0.122 e. The Labute approximate surface area is 124 Å². The standard InChI is InChI=1S/C16H17N3S/c17-16(20)15-10-14(6-8-18-15)19-9-7-13(11-19)12-4-2-1-3-5-12/h1-6,8,10,13H,7,9,11H2,(H2,17,20). The van der Waals surface area contributed by atoms with Crippen molar-refractivity contribution in [2.24, 2.45) is 5.73 Å². The second-order valence-electron chi connectivity index (χ2n) is 5.11. The van der Waals surface area contributed by atoms with Crippen LogP contribution in [0.25, 0.3) is 0 Å². The highest BCUT2D eigenvalue weighted by Crippen LogP contribution is 2.30. The van der Waals surface area contributed by atoms with Gasteiger partial charge in [-0.2, -0.15) is 0 Å². The van der Waals surface area contributed by atoms with Crippen LogP contribution in [0.15, 0.2) is 48.7 Å². The zero-order valence-electron chi connectivity index (χ0n) is 11.2. The molecule has 0 bridgehead atoms. The minimum Gasteiger partial charge on any atom is -0.388 e. The summed E-state index contributed by atoms with van der Waals surface area (Å²) in [6, 6.07) is 14.7. The SMILES string of the molecule is NC(=S)c1cc(N2CCC(c3ccccc3)C2)ccn1. The molecule has 1 aliphatic rings. The topological polar surface area (TPSA) is 42.1 Å². The quantitative estimate of drug-likeness (QED) is 0.880. The summed E-state index contributed by atoms with van der Waals surface area (Å²) in [5.74, 6) is 0.595. The van der Waals surface area contributed by atoms with Crippen LogP contribution in [-0.4, -0.2) is 23.1 Å². The van der Waals surface area contributed by atoms with Crippen molar-refractivity contribution < 1.29 is 0 Å². The van der Waals surface area contributed by atoms with Crippen LogP contribution in [0.3, 0.4) is 0 Å². The molecule has 2 N–H and O–H groups in total. The molecule has 0 saturated carbocycles. The maximum atomic E-state index is 5.65. The van der Waals surface area contributed by atoms with Crippen LogP contribution >= 0.6 is 12.2 Å². The van der Waals surface area contributed by atoms with Crippen molar-refractivity contribution in [3.05, 3.63) is 59.9 Å². The maximum absolute atomic E-state index is 5.65. The Hall–Kier alpha value is -1.94. The van der Waals surface area contributed by atoms with Gasteiger partial charge in [0.05, 0.1) is 5.69 Å². The molecule has 20 heavy (non-hydrogen) atoms. The first kappa shape index (κ1) is 13.1. The van der Waals surface area contributed by atoms with Crippen molar-refractivity contribution >= 4 is 22.9 Å². The molecular weight excluding hydrogens is 266 g/mol. The Kier molecular flexibility index (Phi) is 3.65. The van der Waals surface area contributed by atoms with Crippen LogP contribution in [0.1, 0.15) is 23.6 Å². The van der Waals surface area contributed by atoms with Crippen LogP contribution < -0.4 is 10.6 Å². The lowest BCUT2D eigenvalue weighted by Crippen LogP contribution is -2.20. The number of nitrogens with two attached hydrogens (primary N) is 1. The number of thiocarbonyl (C=S) groups is 1. The Bertz CT molecular complexity index is 612. The van der Waals surface area contributed by atoms with Gasteiger partial charge in [0.2, 0.25) is 0 Å². The third kappa shape index (κ3) is 2.65. The highest BCUT2D eigenvalue weighted by atomic mass is 32.1. The second kappa shape index (κ2) is 5.59. The zero-order valence-corrected chi connectivity index (χ0v) is 12.0. The van der Waals surface area contributed by atoms with E-state index in [1.54, 1.807) is 6.20 Å². The van der Waals surface area contributed by atoms with E-state index < -0.39 is 0 Å². The van der Waals surface area contributed by atoms with E-state index in [9.17, 15) is 0 Å². The summed E-state index contributed by atoms with van der Waals surface area (Å²) >= 11 is 4.99. The molecule has 1 unspecified atom stereocenters. The van der Waals surface area contributed by atoms with Crippen molar-refractivity contribution in [3.63, 3.8) is 0 Å². The summed E-state index contributed by atoms with van der Waals surface area (Å²) in [5, 5.41) is 0. The van der Waals surface area contributed by atoms with Gasteiger partial charge in [-0.3, -0.25) is 4.98 Å². The molecule has 2 aromatic rings. The van der Waals surface area contributed by atoms with Crippen molar-refractivity contribution in [3.8, 4) is 0 Å². The van der Waals surface area contributed by atoms with Gasteiger partial charge in [-0.25, -0.2) is 0 Å².